The molecule has 0 aromatic heterocycles. The van der Waals surface area contributed by atoms with E-state index in [-0.39, 0.29) is 5.97 Å². The fourth-order valence-electron chi connectivity index (χ4n) is 2.95. The maximum Gasteiger partial charge on any atom is 0.338 e. The first-order chi connectivity index (χ1) is 14.0. The minimum absolute atomic E-state index is 0.312. The van der Waals surface area contributed by atoms with Crippen LogP contribution in [-0.2, 0) is 15.3 Å². The highest BCUT2D eigenvalue weighted by molar-refractivity contribution is 8.13. The van der Waals surface area contributed by atoms with Crippen LogP contribution in [0.1, 0.15) is 31.0 Å². The van der Waals surface area contributed by atoms with Gasteiger partial charge in [-0.3, -0.25) is 0 Å². The molecule has 3 rings (SSSR count). The molecule has 0 saturated heterocycles. The Kier molecular flexibility index (Phi) is 7.23. The molecule has 1 aliphatic heterocycles. The first-order valence-electron chi connectivity index (χ1n) is 9.25. The lowest BCUT2D eigenvalue weighted by atomic mass is 9.96. The van der Waals surface area contributed by atoms with Crippen LogP contribution < -0.4 is 10.1 Å². The van der Waals surface area contributed by atoms with E-state index in [1.54, 1.807) is 25.8 Å². The van der Waals surface area contributed by atoms with Gasteiger partial charge in [0.1, 0.15) is 11.8 Å². The summed E-state index contributed by atoms with van der Waals surface area (Å²) in [5, 5.41) is 4.72. The number of halogens is 1. The number of nitrogens with one attached hydrogen (secondary N) is 1. The van der Waals surface area contributed by atoms with Gasteiger partial charge >= 0.3 is 5.97 Å². The zero-order valence-corrected chi connectivity index (χ0v) is 18.1. The molecule has 0 fully saturated rings. The average Bonchev–Trinajstić information content (AvgIpc) is 2.73. The summed E-state index contributed by atoms with van der Waals surface area (Å²) in [6.45, 7) is 3.98. The van der Waals surface area contributed by atoms with E-state index in [0.717, 1.165) is 33.5 Å². The number of hydrogen-bond donors (Lipinski definition) is 1. The van der Waals surface area contributed by atoms with Gasteiger partial charge in [0.25, 0.3) is 0 Å². The van der Waals surface area contributed by atoms with Crippen molar-refractivity contribution >= 4 is 34.5 Å². The zero-order chi connectivity index (χ0) is 20.8. The van der Waals surface area contributed by atoms with Gasteiger partial charge in [-0.1, -0.05) is 47.6 Å². The molecule has 1 aliphatic rings. The van der Waals surface area contributed by atoms with E-state index < -0.39 is 6.04 Å². The Morgan fingerprint density at radius 2 is 1.86 bits per heavy atom. The van der Waals surface area contributed by atoms with E-state index in [4.69, 9.17) is 26.1 Å². The zero-order valence-electron chi connectivity index (χ0n) is 16.6. The molecule has 29 heavy (non-hydrogen) atoms. The monoisotopic (exact) mass is 430 g/mol. The highest BCUT2D eigenvalue weighted by Gasteiger charge is 2.30. The number of ether oxygens (including phenoxy) is 2. The van der Waals surface area contributed by atoms with Gasteiger partial charge in [-0.15, -0.1) is 0 Å². The van der Waals surface area contributed by atoms with Gasteiger partial charge in [0, 0.05) is 16.5 Å². The molecule has 1 atom stereocenters. The van der Waals surface area contributed by atoms with E-state index in [1.807, 2.05) is 55.5 Å². The quantitative estimate of drug-likeness (QED) is 0.644. The largest absolute Gasteiger partial charge is 0.497 e. The Morgan fingerprint density at radius 1 is 1.17 bits per heavy atom. The number of thioether (sulfide) groups is 1. The van der Waals surface area contributed by atoms with Crippen molar-refractivity contribution in [2.45, 2.75) is 25.6 Å². The summed E-state index contributed by atoms with van der Waals surface area (Å²) >= 11 is 7.54. The fraction of sp³-hybridized carbons (Fsp3) is 0.273. The van der Waals surface area contributed by atoms with Crippen molar-refractivity contribution < 1.29 is 14.3 Å². The minimum atomic E-state index is -0.436. The number of allylic oxidation sites excluding steroid dienone is 1. The van der Waals surface area contributed by atoms with Crippen LogP contribution in [0.15, 0.2) is 64.8 Å². The number of carbonyl (C=O) groups excluding carboxylic acids is 1. The first kappa shape index (κ1) is 21.3. The maximum absolute atomic E-state index is 12.6. The molecule has 2 aromatic carbocycles. The number of nitrogens with zero attached hydrogens (tertiary/aromatic N) is 1. The van der Waals surface area contributed by atoms with Crippen molar-refractivity contribution in [3.8, 4) is 5.75 Å². The average molecular weight is 431 g/mol. The van der Waals surface area contributed by atoms with Gasteiger partial charge in [0.15, 0.2) is 5.17 Å². The van der Waals surface area contributed by atoms with Gasteiger partial charge in [0.2, 0.25) is 0 Å². The van der Waals surface area contributed by atoms with Crippen LogP contribution in [0.3, 0.4) is 0 Å². The second kappa shape index (κ2) is 9.85. The number of methoxy groups -OCH3 is 1. The van der Waals surface area contributed by atoms with Crippen LogP contribution >= 0.6 is 23.4 Å². The van der Waals surface area contributed by atoms with Crippen LogP contribution in [0, 0.1) is 0 Å². The smallest absolute Gasteiger partial charge is 0.338 e. The Balaban J connectivity index is 1.86. The molecule has 1 N–H and O–H groups in total. The summed E-state index contributed by atoms with van der Waals surface area (Å²) in [5.74, 6) is 1.13. The van der Waals surface area contributed by atoms with Gasteiger partial charge in [-0.2, -0.15) is 0 Å². The number of rotatable bonds is 6. The third kappa shape index (κ3) is 5.34. The number of aliphatic imine (C=N–C) groups is 1. The molecular formula is C22H23ClN2O3S. The Bertz CT molecular complexity index is 924. The number of amidine groups is 1. The number of benzene rings is 2. The number of hydrogen-bond acceptors (Lipinski definition) is 6. The lowest BCUT2D eigenvalue weighted by Crippen LogP contribution is -2.30. The van der Waals surface area contributed by atoms with E-state index in [1.165, 1.54) is 0 Å². The summed E-state index contributed by atoms with van der Waals surface area (Å²) in [6.07, 6.45) is 0. The fourth-order valence-corrected chi connectivity index (χ4v) is 3.98. The van der Waals surface area contributed by atoms with Crippen molar-refractivity contribution in [1.82, 2.24) is 5.32 Å². The van der Waals surface area contributed by atoms with E-state index >= 15 is 0 Å². The lowest BCUT2D eigenvalue weighted by molar-refractivity contribution is -0.138. The van der Waals surface area contributed by atoms with E-state index in [0.29, 0.717) is 17.2 Å². The second-order valence-electron chi connectivity index (χ2n) is 6.41. The van der Waals surface area contributed by atoms with Crippen molar-refractivity contribution in [2.75, 3.05) is 13.7 Å². The minimum Gasteiger partial charge on any atom is -0.497 e. The third-order valence-electron chi connectivity index (χ3n) is 4.43. The van der Waals surface area contributed by atoms with E-state index in [9.17, 15) is 4.79 Å². The topological polar surface area (TPSA) is 59.9 Å². The maximum atomic E-state index is 12.6. The number of carbonyl (C=O) groups is 1. The van der Waals surface area contributed by atoms with Gasteiger partial charge in [-0.25, -0.2) is 9.79 Å². The molecule has 0 amide bonds. The first-order valence-corrected chi connectivity index (χ1v) is 10.6. The molecule has 1 unspecified atom stereocenters. The Labute approximate surface area is 180 Å². The molecule has 0 bridgehead atoms. The lowest BCUT2D eigenvalue weighted by Gasteiger charge is -2.26. The normalized spacial score (nSPS) is 16.1. The highest BCUT2D eigenvalue weighted by Crippen LogP contribution is 2.34. The summed E-state index contributed by atoms with van der Waals surface area (Å²) in [7, 11) is 1.62. The molecular weight excluding hydrogens is 408 g/mol. The van der Waals surface area contributed by atoms with Crippen molar-refractivity contribution in [3.63, 3.8) is 0 Å². The predicted molar refractivity (Wildman–Crippen MR) is 118 cm³/mol. The summed E-state index contributed by atoms with van der Waals surface area (Å²) < 4.78 is 10.5. The molecule has 2 aromatic rings. The predicted octanol–water partition coefficient (Wildman–Crippen LogP) is 5.12. The van der Waals surface area contributed by atoms with Crippen LogP contribution in [0.25, 0.3) is 0 Å². The molecule has 152 valence electrons. The standard InChI is InChI=1S/C22H23ClN2O3S/c1-4-28-21(26)19-14(2)24-22(29-13-15-5-9-17(23)10-6-15)25-20(19)16-7-11-18(27-3)12-8-16/h5-12,20H,4,13H2,1-3H3,(H,24,25). The molecule has 5 nitrogen and oxygen atoms in total. The van der Waals surface area contributed by atoms with Gasteiger partial charge < -0.3 is 14.8 Å². The van der Waals surface area contributed by atoms with Crippen molar-refractivity contribution in [1.29, 1.82) is 0 Å². The molecule has 0 aliphatic carbocycles. The summed E-state index contributed by atoms with van der Waals surface area (Å²) in [5.41, 5.74) is 3.31. The Morgan fingerprint density at radius 3 is 2.48 bits per heavy atom. The van der Waals surface area contributed by atoms with Crippen molar-refractivity contribution in [2.24, 2.45) is 4.99 Å². The van der Waals surface area contributed by atoms with E-state index in [2.05, 4.69) is 5.32 Å². The molecule has 0 spiro atoms. The SMILES string of the molecule is CCOC(=O)C1=C(C)NC(SCc2ccc(Cl)cc2)=NC1c1ccc(OC)cc1. The molecule has 1 heterocycles. The van der Waals surface area contributed by atoms with Crippen LogP contribution in [-0.4, -0.2) is 24.9 Å². The van der Waals surface area contributed by atoms with Crippen LogP contribution in [0.2, 0.25) is 5.02 Å². The summed E-state index contributed by atoms with van der Waals surface area (Å²) in [4.78, 5) is 17.4. The van der Waals surface area contributed by atoms with Crippen LogP contribution in [0.4, 0.5) is 0 Å². The Hall–Kier alpha value is -2.44. The summed E-state index contributed by atoms with van der Waals surface area (Å²) in [6, 6.07) is 14.9. The molecule has 7 heteroatoms. The molecule has 0 saturated carbocycles. The third-order valence-corrected chi connectivity index (χ3v) is 5.64. The number of esters is 1. The molecule has 0 radical (unpaired) electrons. The highest BCUT2D eigenvalue weighted by atomic mass is 35.5. The second-order valence-corrected chi connectivity index (χ2v) is 7.81. The van der Waals surface area contributed by atoms with Gasteiger partial charge in [-0.05, 0) is 49.2 Å². The van der Waals surface area contributed by atoms with Crippen molar-refractivity contribution in [3.05, 3.63) is 76.0 Å². The van der Waals surface area contributed by atoms with Crippen LogP contribution in [0.5, 0.6) is 5.75 Å². The van der Waals surface area contributed by atoms with Gasteiger partial charge in [0.05, 0.1) is 19.3 Å².